The minimum absolute atomic E-state index is 0.0432. The number of aromatic nitrogens is 5. The second-order valence-electron chi connectivity index (χ2n) is 9.48. The first-order valence-electron chi connectivity index (χ1n) is 11.0. The van der Waals surface area contributed by atoms with Crippen LogP contribution >= 0.6 is 0 Å². The Hall–Kier alpha value is -3.13. The number of rotatable bonds is 4. The highest BCUT2D eigenvalue weighted by Crippen LogP contribution is 2.44. The molecule has 2 aliphatic rings. The third kappa shape index (κ3) is 3.68. The Morgan fingerprint density at radius 2 is 2.16 bits per heavy atom. The molecule has 0 saturated carbocycles. The maximum Gasteiger partial charge on any atom is 0.185 e. The molecule has 2 saturated heterocycles. The van der Waals surface area contributed by atoms with E-state index in [4.69, 9.17) is 0 Å². The van der Waals surface area contributed by atoms with Gasteiger partial charge in [0.2, 0.25) is 0 Å². The van der Waals surface area contributed by atoms with Crippen LogP contribution in [-0.2, 0) is 0 Å². The number of aromatic hydroxyl groups is 1. The molecule has 32 heavy (non-hydrogen) atoms. The number of imidazole rings is 1. The summed E-state index contributed by atoms with van der Waals surface area (Å²) in [5.41, 5.74) is 2.28. The maximum absolute atomic E-state index is 15.3. The lowest BCUT2D eigenvalue weighted by Crippen LogP contribution is -2.63. The van der Waals surface area contributed by atoms with Gasteiger partial charge >= 0.3 is 0 Å². The summed E-state index contributed by atoms with van der Waals surface area (Å²) in [7, 11) is 0. The van der Waals surface area contributed by atoms with Gasteiger partial charge in [0, 0.05) is 36.0 Å². The van der Waals surface area contributed by atoms with Crippen LogP contribution in [0.25, 0.3) is 22.6 Å². The number of benzene rings is 1. The Labute approximate surface area is 186 Å². The van der Waals surface area contributed by atoms with E-state index in [1.165, 1.54) is 0 Å². The molecular formula is C24H27FN6O. The number of piperidine rings is 2. The Kier molecular flexibility index (Phi) is 5.04. The molecule has 0 radical (unpaired) electrons. The monoisotopic (exact) mass is 434 g/mol. The number of allylic oxidation sites excluding steroid dienone is 1. The van der Waals surface area contributed by atoms with E-state index in [2.05, 4.69) is 45.9 Å². The molecule has 0 spiro atoms. The molecule has 0 amide bonds. The largest absolute Gasteiger partial charge is 0.507 e. The fourth-order valence-corrected chi connectivity index (χ4v) is 5.41. The Morgan fingerprint density at radius 1 is 1.31 bits per heavy atom. The van der Waals surface area contributed by atoms with E-state index in [1.54, 1.807) is 41.6 Å². The van der Waals surface area contributed by atoms with Gasteiger partial charge in [-0.05, 0) is 49.8 Å². The molecule has 1 aromatic carbocycles. The fourth-order valence-electron chi connectivity index (χ4n) is 5.41. The number of hydrogen-bond acceptors (Lipinski definition) is 6. The molecule has 7 nitrogen and oxygen atoms in total. The van der Waals surface area contributed by atoms with Crippen molar-refractivity contribution in [1.29, 1.82) is 0 Å². The summed E-state index contributed by atoms with van der Waals surface area (Å²) >= 11 is 0. The number of nitrogens with one attached hydrogen (secondary N) is 1. The van der Waals surface area contributed by atoms with Crippen molar-refractivity contribution in [1.82, 2.24) is 30.0 Å². The summed E-state index contributed by atoms with van der Waals surface area (Å²) in [6.07, 6.45) is 8.20. The zero-order chi connectivity index (χ0) is 22.5. The van der Waals surface area contributed by atoms with Gasteiger partial charge in [-0.25, -0.2) is 14.4 Å². The Bertz CT molecular complexity index is 1130. The third-order valence-corrected chi connectivity index (χ3v) is 6.79. The maximum atomic E-state index is 15.3. The lowest BCUT2D eigenvalue weighted by atomic mass is 9.66. The molecule has 2 bridgehead atoms. The van der Waals surface area contributed by atoms with Crippen LogP contribution in [0.5, 0.6) is 5.75 Å². The van der Waals surface area contributed by atoms with E-state index in [9.17, 15) is 5.11 Å². The van der Waals surface area contributed by atoms with Gasteiger partial charge < -0.3 is 15.0 Å². The van der Waals surface area contributed by atoms with Crippen LogP contribution in [0.3, 0.4) is 0 Å². The predicted octanol–water partition coefficient (Wildman–Crippen LogP) is 3.95. The van der Waals surface area contributed by atoms with Gasteiger partial charge in [0.1, 0.15) is 17.6 Å². The first-order valence-corrected chi connectivity index (χ1v) is 11.0. The minimum atomic E-state index is -1.01. The molecule has 1 unspecified atom stereocenters. The van der Waals surface area contributed by atoms with E-state index >= 15 is 4.39 Å². The number of fused-ring (bicyclic) bond motifs is 2. The van der Waals surface area contributed by atoms with E-state index in [1.807, 2.05) is 6.07 Å². The third-order valence-electron chi connectivity index (χ3n) is 6.79. The van der Waals surface area contributed by atoms with Crippen LogP contribution in [0.2, 0.25) is 0 Å². The molecule has 3 aromatic rings. The van der Waals surface area contributed by atoms with E-state index < -0.39 is 6.17 Å². The molecule has 8 heteroatoms. The first kappa shape index (κ1) is 20.8. The zero-order valence-corrected chi connectivity index (χ0v) is 18.2. The van der Waals surface area contributed by atoms with Crippen molar-refractivity contribution in [3.05, 3.63) is 55.4 Å². The highest BCUT2D eigenvalue weighted by atomic mass is 19.1. The average Bonchev–Trinajstić information content (AvgIpc) is 3.30. The van der Waals surface area contributed by atoms with Crippen LogP contribution in [-0.4, -0.2) is 47.6 Å². The van der Waals surface area contributed by atoms with Gasteiger partial charge in [-0.1, -0.05) is 13.5 Å². The number of halogens is 1. The molecule has 166 valence electrons. The van der Waals surface area contributed by atoms with Crippen molar-refractivity contribution in [2.45, 2.75) is 50.9 Å². The van der Waals surface area contributed by atoms with E-state index in [0.29, 0.717) is 35.0 Å². The number of alkyl halides is 1. The highest BCUT2D eigenvalue weighted by molar-refractivity contribution is 5.67. The fraction of sp³-hybridized carbons (Fsp3) is 0.417. The number of hydrogen-bond donors (Lipinski definition) is 2. The van der Waals surface area contributed by atoms with Crippen molar-refractivity contribution in [3.63, 3.8) is 0 Å². The molecule has 2 N–H and O–H groups in total. The summed E-state index contributed by atoms with van der Waals surface area (Å²) in [4.78, 5) is 8.41. The topological polar surface area (TPSA) is 88.8 Å². The highest BCUT2D eigenvalue weighted by Gasteiger charge is 2.48. The summed E-state index contributed by atoms with van der Waals surface area (Å²) < 4.78 is 17.1. The van der Waals surface area contributed by atoms with Crippen molar-refractivity contribution < 1.29 is 9.50 Å². The number of nitrogens with zero attached hydrogens (tertiary/aromatic N) is 5. The van der Waals surface area contributed by atoms with Crippen molar-refractivity contribution in [2.75, 3.05) is 0 Å². The van der Waals surface area contributed by atoms with Gasteiger partial charge in [0.05, 0.1) is 23.8 Å². The second kappa shape index (κ2) is 7.78. The van der Waals surface area contributed by atoms with Crippen molar-refractivity contribution >= 4 is 5.57 Å². The lowest BCUT2D eigenvalue weighted by molar-refractivity contribution is 0.0313. The summed E-state index contributed by atoms with van der Waals surface area (Å²) in [5, 5.41) is 22.5. The molecule has 5 rings (SSSR count). The van der Waals surface area contributed by atoms with Gasteiger partial charge in [-0.3, -0.25) is 0 Å². The molecule has 0 aliphatic carbocycles. The minimum Gasteiger partial charge on any atom is -0.507 e. The Morgan fingerprint density at radius 3 is 2.84 bits per heavy atom. The van der Waals surface area contributed by atoms with Crippen LogP contribution < -0.4 is 5.32 Å². The summed E-state index contributed by atoms with van der Waals surface area (Å²) in [6.45, 7) is 8.53. The normalized spacial score (nSPS) is 29.6. The van der Waals surface area contributed by atoms with Crippen LogP contribution in [0, 0.1) is 11.8 Å². The van der Waals surface area contributed by atoms with Gasteiger partial charge in [0.15, 0.2) is 5.82 Å². The SMILES string of the molecule is C=C(c1cnc(-c2ccc(-n3ccnc3)cc2O)nn1)[C@H]1C[C@]2(C)CC(C)C[C@@H](N2)[C@@H]1F. The van der Waals surface area contributed by atoms with Crippen LogP contribution in [0.4, 0.5) is 4.39 Å². The van der Waals surface area contributed by atoms with Crippen LogP contribution in [0.1, 0.15) is 38.8 Å². The van der Waals surface area contributed by atoms with Gasteiger partial charge in [0.25, 0.3) is 0 Å². The Balaban J connectivity index is 1.36. The number of phenolic OH excluding ortho intramolecular Hbond substituents is 1. The molecule has 2 fully saturated rings. The van der Waals surface area contributed by atoms with Crippen LogP contribution in [0.15, 0.2) is 49.7 Å². The zero-order valence-electron chi connectivity index (χ0n) is 18.2. The molecular weight excluding hydrogens is 407 g/mol. The molecule has 5 atom stereocenters. The molecule has 2 aliphatic heterocycles. The van der Waals surface area contributed by atoms with E-state index in [-0.39, 0.29) is 23.2 Å². The van der Waals surface area contributed by atoms with E-state index in [0.717, 1.165) is 18.5 Å². The van der Waals surface area contributed by atoms with Gasteiger partial charge in [-0.2, -0.15) is 0 Å². The van der Waals surface area contributed by atoms with Gasteiger partial charge in [-0.15, -0.1) is 10.2 Å². The second-order valence-corrected chi connectivity index (χ2v) is 9.48. The van der Waals surface area contributed by atoms with Crippen molar-refractivity contribution in [3.8, 4) is 22.8 Å². The average molecular weight is 435 g/mol. The first-order chi connectivity index (χ1) is 15.3. The van der Waals surface area contributed by atoms with Crippen molar-refractivity contribution in [2.24, 2.45) is 11.8 Å². The number of phenols is 1. The quantitative estimate of drug-likeness (QED) is 0.646. The smallest absolute Gasteiger partial charge is 0.185 e. The molecule has 2 aromatic heterocycles. The predicted molar refractivity (Wildman–Crippen MR) is 120 cm³/mol. The summed E-state index contributed by atoms with van der Waals surface area (Å²) in [6, 6.07) is 5.04. The standard InChI is InChI=1S/C24H27FN6O/c1-14-8-19-22(25)18(11-24(3,10-14)28-19)15(2)20-12-27-23(30-29-20)17-5-4-16(9-21(17)32)31-7-6-26-13-31/h4-7,9,12-14,18-19,22,28,32H,2,8,10-11H2,1,3H3/t14?,18-,19-,22-,24+/m1/s1. The lowest BCUT2D eigenvalue weighted by Gasteiger charge is -2.51. The molecule has 4 heterocycles. The summed E-state index contributed by atoms with van der Waals surface area (Å²) in [5.74, 6) is 0.536.